The van der Waals surface area contributed by atoms with Crippen molar-refractivity contribution in [1.82, 2.24) is 0 Å². The van der Waals surface area contributed by atoms with Gasteiger partial charge in [-0.3, -0.25) is 0 Å². The number of halogens is 1. The SMILES string of the molecule is CCCOc1ccc(-c2ccc([C@H]3CC[C@H](C/C=C/F)CC3)cc2)cc1. The standard InChI is InChI=1S/C24H29FO/c1-2-18-26-24-15-13-23(14-16-24)22-11-9-21(10-12-22)20-7-5-19(6-8-20)4-3-17-25/h3,9-17,19-20H,2,4-8,18H2,1H3/b17-3+/t19-,20-. The van der Waals surface area contributed by atoms with Crippen molar-refractivity contribution in [3.8, 4) is 16.9 Å². The summed E-state index contributed by atoms with van der Waals surface area (Å²) in [5, 5.41) is 0. The van der Waals surface area contributed by atoms with E-state index < -0.39 is 0 Å². The minimum Gasteiger partial charge on any atom is -0.494 e. The molecule has 3 rings (SSSR count). The largest absolute Gasteiger partial charge is 0.494 e. The summed E-state index contributed by atoms with van der Waals surface area (Å²) >= 11 is 0. The quantitative estimate of drug-likeness (QED) is 0.508. The molecular weight excluding hydrogens is 323 g/mol. The summed E-state index contributed by atoms with van der Waals surface area (Å²) in [6, 6.07) is 17.4. The highest BCUT2D eigenvalue weighted by molar-refractivity contribution is 5.64. The van der Waals surface area contributed by atoms with E-state index in [4.69, 9.17) is 4.74 Å². The van der Waals surface area contributed by atoms with Gasteiger partial charge in [0.2, 0.25) is 0 Å². The van der Waals surface area contributed by atoms with Crippen LogP contribution in [0.25, 0.3) is 11.1 Å². The molecule has 0 radical (unpaired) electrons. The minimum absolute atomic E-state index is 0.652. The Morgan fingerprint density at radius 1 is 0.923 bits per heavy atom. The fourth-order valence-corrected chi connectivity index (χ4v) is 3.89. The Labute approximate surface area is 156 Å². The Hall–Kier alpha value is -2.09. The van der Waals surface area contributed by atoms with Gasteiger partial charge in [0.1, 0.15) is 5.75 Å². The van der Waals surface area contributed by atoms with Crippen LogP contribution in [0.4, 0.5) is 4.39 Å². The number of hydrogen-bond acceptors (Lipinski definition) is 1. The van der Waals surface area contributed by atoms with Gasteiger partial charge >= 0.3 is 0 Å². The van der Waals surface area contributed by atoms with Crippen molar-refractivity contribution >= 4 is 0 Å². The molecule has 2 heteroatoms. The molecule has 1 fully saturated rings. The van der Waals surface area contributed by atoms with Crippen LogP contribution in [0.1, 0.15) is 56.9 Å². The monoisotopic (exact) mass is 352 g/mol. The maximum atomic E-state index is 12.2. The molecule has 1 aliphatic rings. The van der Waals surface area contributed by atoms with E-state index in [2.05, 4.69) is 43.3 Å². The van der Waals surface area contributed by atoms with Crippen LogP contribution in [0, 0.1) is 5.92 Å². The highest BCUT2D eigenvalue weighted by Gasteiger charge is 2.21. The Morgan fingerprint density at radius 3 is 2.12 bits per heavy atom. The lowest BCUT2D eigenvalue weighted by atomic mass is 9.77. The third kappa shape index (κ3) is 4.97. The first kappa shape index (κ1) is 18.7. The second kappa shape index (κ2) is 9.56. The Morgan fingerprint density at radius 2 is 1.54 bits per heavy atom. The molecule has 2 aromatic carbocycles. The number of ether oxygens (including phenoxy) is 1. The van der Waals surface area contributed by atoms with Crippen LogP contribution in [0.15, 0.2) is 60.9 Å². The first-order valence-corrected chi connectivity index (χ1v) is 9.88. The number of benzene rings is 2. The van der Waals surface area contributed by atoms with E-state index in [9.17, 15) is 4.39 Å². The first-order chi connectivity index (χ1) is 12.8. The molecule has 0 aromatic heterocycles. The molecule has 1 nitrogen and oxygen atoms in total. The lowest BCUT2D eigenvalue weighted by Crippen LogP contribution is -2.12. The van der Waals surface area contributed by atoms with Crippen molar-refractivity contribution in [3.63, 3.8) is 0 Å². The molecule has 1 aliphatic carbocycles. The normalized spacial score (nSPS) is 20.4. The molecule has 0 bridgehead atoms. The molecule has 26 heavy (non-hydrogen) atoms. The van der Waals surface area contributed by atoms with E-state index in [1.807, 2.05) is 12.1 Å². The zero-order valence-electron chi connectivity index (χ0n) is 15.7. The van der Waals surface area contributed by atoms with Gasteiger partial charge in [-0.25, -0.2) is 4.39 Å². The van der Waals surface area contributed by atoms with Gasteiger partial charge in [0.25, 0.3) is 0 Å². The van der Waals surface area contributed by atoms with E-state index in [1.165, 1.54) is 42.4 Å². The lowest BCUT2D eigenvalue weighted by Gasteiger charge is -2.28. The summed E-state index contributed by atoms with van der Waals surface area (Å²) < 4.78 is 17.8. The summed E-state index contributed by atoms with van der Waals surface area (Å²) in [5.74, 6) is 2.25. The molecule has 0 aliphatic heterocycles. The van der Waals surface area contributed by atoms with Gasteiger partial charge in [-0.1, -0.05) is 49.4 Å². The van der Waals surface area contributed by atoms with Gasteiger partial charge in [-0.2, -0.15) is 0 Å². The molecule has 0 atom stereocenters. The molecule has 1 saturated carbocycles. The van der Waals surface area contributed by atoms with Gasteiger partial charge in [0.05, 0.1) is 12.9 Å². The maximum Gasteiger partial charge on any atom is 0.119 e. The van der Waals surface area contributed by atoms with Crippen LogP contribution in [0.2, 0.25) is 0 Å². The van der Waals surface area contributed by atoms with Gasteiger partial charge < -0.3 is 4.74 Å². The van der Waals surface area contributed by atoms with Gasteiger partial charge in [0, 0.05) is 0 Å². The average Bonchev–Trinajstić information content (AvgIpc) is 2.72. The van der Waals surface area contributed by atoms with Crippen LogP contribution >= 0.6 is 0 Å². The van der Waals surface area contributed by atoms with Crippen LogP contribution in [0.5, 0.6) is 5.75 Å². The predicted molar refractivity (Wildman–Crippen MR) is 107 cm³/mol. The zero-order chi connectivity index (χ0) is 18.2. The van der Waals surface area contributed by atoms with Gasteiger partial charge in [0.15, 0.2) is 0 Å². The molecule has 0 saturated heterocycles. The number of rotatable bonds is 7. The Balaban J connectivity index is 1.58. The van der Waals surface area contributed by atoms with Crippen LogP contribution in [0.3, 0.4) is 0 Å². The summed E-state index contributed by atoms with van der Waals surface area (Å²) in [6.45, 7) is 2.88. The molecule has 0 unspecified atom stereocenters. The number of hydrogen-bond donors (Lipinski definition) is 0. The Kier molecular flexibility index (Phi) is 6.88. The molecule has 0 heterocycles. The second-order valence-corrected chi connectivity index (χ2v) is 7.31. The predicted octanol–water partition coefficient (Wildman–Crippen LogP) is 7.29. The van der Waals surface area contributed by atoms with Crippen molar-refractivity contribution in [3.05, 3.63) is 66.5 Å². The lowest BCUT2D eigenvalue weighted by molar-refractivity contribution is 0.317. The third-order valence-electron chi connectivity index (χ3n) is 5.45. The van der Waals surface area contributed by atoms with Crippen molar-refractivity contribution < 1.29 is 9.13 Å². The molecular formula is C24H29FO. The minimum atomic E-state index is 0.652. The highest BCUT2D eigenvalue weighted by atomic mass is 19.1. The van der Waals surface area contributed by atoms with E-state index in [0.717, 1.165) is 25.2 Å². The Bertz CT molecular complexity index is 679. The van der Waals surface area contributed by atoms with Crippen molar-refractivity contribution in [2.45, 2.75) is 51.4 Å². The number of allylic oxidation sites excluding steroid dienone is 1. The average molecular weight is 352 g/mol. The van der Waals surface area contributed by atoms with Crippen molar-refractivity contribution in [1.29, 1.82) is 0 Å². The summed E-state index contributed by atoms with van der Waals surface area (Å²) in [6.07, 6.45) is 9.11. The topological polar surface area (TPSA) is 9.23 Å². The maximum absolute atomic E-state index is 12.2. The zero-order valence-corrected chi connectivity index (χ0v) is 15.7. The van der Waals surface area contributed by atoms with Gasteiger partial charge in [-0.05, 0) is 79.2 Å². The van der Waals surface area contributed by atoms with E-state index in [-0.39, 0.29) is 0 Å². The summed E-state index contributed by atoms with van der Waals surface area (Å²) in [4.78, 5) is 0. The first-order valence-electron chi connectivity index (χ1n) is 9.88. The highest BCUT2D eigenvalue weighted by Crippen LogP contribution is 2.37. The fourth-order valence-electron chi connectivity index (χ4n) is 3.89. The summed E-state index contributed by atoms with van der Waals surface area (Å²) in [5.41, 5.74) is 3.91. The van der Waals surface area contributed by atoms with E-state index in [0.29, 0.717) is 18.2 Å². The smallest absolute Gasteiger partial charge is 0.119 e. The molecule has 138 valence electrons. The summed E-state index contributed by atoms with van der Waals surface area (Å²) in [7, 11) is 0. The molecule has 2 aromatic rings. The molecule has 0 N–H and O–H groups in total. The van der Waals surface area contributed by atoms with Crippen LogP contribution in [-0.4, -0.2) is 6.61 Å². The van der Waals surface area contributed by atoms with Crippen LogP contribution < -0.4 is 4.74 Å². The van der Waals surface area contributed by atoms with Crippen molar-refractivity contribution in [2.24, 2.45) is 5.92 Å². The second-order valence-electron chi connectivity index (χ2n) is 7.31. The van der Waals surface area contributed by atoms with Gasteiger partial charge in [-0.15, -0.1) is 0 Å². The molecule has 0 amide bonds. The van der Waals surface area contributed by atoms with Crippen molar-refractivity contribution in [2.75, 3.05) is 6.61 Å². The molecule has 0 spiro atoms. The van der Waals surface area contributed by atoms with E-state index in [1.54, 1.807) is 6.08 Å². The van der Waals surface area contributed by atoms with Crippen LogP contribution in [-0.2, 0) is 0 Å². The third-order valence-corrected chi connectivity index (χ3v) is 5.45. The fraction of sp³-hybridized carbons (Fsp3) is 0.417. The van der Waals surface area contributed by atoms with E-state index >= 15 is 0 Å².